The lowest BCUT2D eigenvalue weighted by Gasteiger charge is -2.27. The van der Waals surface area contributed by atoms with Crippen LogP contribution in [0.1, 0.15) is 12.0 Å². The van der Waals surface area contributed by atoms with Crippen LogP contribution >= 0.6 is 0 Å². The summed E-state index contributed by atoms with van der Waals surface area (Å²) in [6.07, 6.45) is 1.25. The summed E-state index contributed by atoms with van der Waals surface area (Å²) < 4.78 is 5.11. The van der Waals surface area contributed by atoms with E-state index < -0.39 is 0 Å². The van der Waals surface area contributed by atoms with Crippen molar-refractivity contribution in [1.29, 1.82) is 0 Å². The first-order chi connectivity index (χ1) is 9.20. The van der Waals surface area contributed by atoms with Crippen LogP contribution in [0.25, 0.3) is 0 Å². The molecule has 19 heavy (non-hydrogen) atoms. The van der Waals surface area contributed by atoms with Crippen LogP contribution in [0.2, 0.25) is 0 Å². The molecule has 1 aliphatic rings. The Bertz CT molecular complexity index is 442. The number of carbonyl (C=O) groups is 1. The smallest absolute Gasteiger partial charge is 0.222 e. The zero-order chi connectivity index (χ0) is 13.7. The molecule has 0 unspecified atom stereocenters. The number of amides is 1. The van der Waals surface area contributed by atoms with Gasteiger partial charge in [-0.25, -0.2) is 0 Å². The fourth-order valence-electron chi connectivity index (χ4n) is 2.26. The van der Waals surface area contributed by atoms with Crippen LogP contribution in [0.4, 0.5) is 5.69 Å². The van der Waals surface area contributed by atoms with E-state index in [4.69, 9.17) is 10.5 Å². The molecule has 0 spiro atoms. The lowest BCUT2D eigenvalue weighted by Crippen LogP contribution is -2.46. The quantitative estimate of drug-likeness (QED) is 0.782. The van der Waals surface area contributed by atoms with Gasteiger partial charge in [0.15, 0.2) is 0 Å². The van der Waals surface area contributed by atoms with Gasteiger partial charge >= 0.3 is 0 Å². The molecule has 5 nitrogen and oxygen atoms in total. The van der Waals surface area contributed by atoms with E-state index in [-0.39, 0.29) is 5.91 Å². The van der Waals surface area contributed by atoms with Crippen molar-refractivity contribution in [3.63, 3.8) is 0 Å². The predicted molar refractivity (Wildman–Crippen MR) is 75.2 cm³/mol. The van der Waals surface area contributed by atoms with Crippen LogP contribution in [0.15, 0.2) is 18.2 Å². The normalized spacial score (nSPS) is 15.3. The van der Waals surface area contributed by atoms with Gasteiger partial charge in [-0.15, -0.1) is 0 Å². The van der Waals surface area contributed by atoms with Crippen molar-refractivity contribution in [2.45, 2.75) is 12.8 Å². The zero-order valence-electron chi connectivity index (χ0n) is 11.3. The lowest BCUT2D eigenvalue weighted by molar-refractivity contribution is -0.131. The number of nitrogens with two attached hydrogens (primary N) is 1. The van der Waals surface area contributed by atoms with Crippen molar-refractivity contribution in [3.8, 4) is 5.75 Å². The first-order valence-corrected chi connectivity index (χ1v) is 6.61. The minimum absolute atomic E-state index is 0.218. The molecule has 0 aliphatic carbocycles. The monoisotopic (exact) mass is 263 g/mol. The molecule has 3 N–H and O–H groups in total. The Hall–Kier alpha value is -1.75. The number of hydrogen-bond acceptors (Lipinski definition) is 4. The van der Waals surface area contributed by atoms with Crippen molar-refractivity contribution in [3.05, 3.63) is 23.8 Å². The Morgan fingerprint density at radius 1 is 1.42 bits per heavy atom. The molecule has 1 aliphatic heterocycles. The highest BCUT2D eigenvalue weighted by molar-refractivity contribution is 5.76. The molecule has 0 aromatic heterocycles. The van der Waals surface area contributed by atoms with Gasteiger partial charge in [-0.2, -0.15) is 0 Å². The fourth-order valence-corrected chi connectivity index (χ4v) is 2.26. The number of nitrogen functional groups attached to an aromatic ring is 1. The summed E-state index contributed by atoms with van der Waals surface area (Å²) in [6.45, 7) is 3.40. The molecular weight excluding hydrogens is 242 g/mol. The van der Waals surface area contributed by atoms with Gasteiger partial charge in [-0.05, 0) is 24.1 Å². The van der Waals surface area contributed by atoms with Gasteiger partial charge in [0.2, 0.25) is 5.91 Å². The highest BCUT2D eigenvalue weighted by Crippen LogP contribution is 2.22. The third kappa shape index (κ3) is 3.61. The van der Waals surface area contributed by atoms with Crippen LogP contribution in [-0.2, 0) is 11.2 Å². The van der Waals surface area contributed by atoms with E-state index in [1.807, 2.05) is 23.1 Å². The topological polar surface area (TPSA) is 67.6 Å². The second-order valence-electron chi connectivity index (χ2n) is 4.71. The summed E-state index contributed by atoms with van der Waals surface area (Å²) in [4.78, 5) is 13.9. The number of hydrogen-bond donors (Lipinski definition) is 2. The Labute approximate surface area is 113 Å². The number of carbonyl (C=O) groups excluding carboxylic acids is 1. The first kappa shape index (κ1) is 13.7. The van der Waals surface area contributed by atoms with Gasteiger partial charge in [0.25, 0.3) is 0 Å². The average Bonchev–Trinajstić information content (AvgIpc) is 2.46. The second kappa shape index (κ2) is 6.43. The van der Waals surface area contributed by atoms with Crippen molar-refractivity contribution >= 4 is 11.6 Å². The minimum Gasteiger partial charge on any atom is -0.495 e. The molecule has 1 aromatic carbocycles. The molecule has 0 radical (unpaired) electrons. The summed E-state index contributed by atoms with van der Waals surface area (Å²) in [7, 11) is 1.60. The molecule has 1 heterocycles. The molecule has 5 heteroatoms. The highest BCUT2D eigenvalue weighted by atomic mass is 16.5. The van der Waals surface area contributed by atoms with Gasteiger partial charge in [-0.3, -0.25) is 4.79 Å². The van der Waals surface area contributed by atoms with Crippen molar-refractivity contribution in [2.24, 2.45) is 0 Å². The molecule has 1 saturated heterocycles. The zero-order valence-corrected chi connectivity index (χ0v) is 11.3. The Kier molecular flexibility index (Phi) is 4.63. The van der Waals surface area contributed by atoms with E-state index in [2.05, 4.69) is 5.32 Å². The molecule has 0 saturated carbocycles. The molecule has 104 valence electrons. The molecule has 0 atom stereocenters. The number of piperazine rings is 1. The van der Waals surface area contributed by atoms with Gasteiger partial charge in [-0.1, -0.05) is 6.07 Å². The van der Waals surface area contributed by atoms with E-state index in [1.54, 1.807) is 7.11 Å². The molecular formula is C14H21N3O2. The minimum atomic E-state index is 0.218. The third-order valence-electron chi connectivity index (χ3n) is 3.39. The molecule has 0 bridgehead atoms. The molecule has 1 aromatic rings. The third-order valence-corrected chi connectivity index (χ3v) is 3.39. The number of ether oxygens (including phenoxy) is 1. The van der Waals surface area contributed by atoms with E-state index in [0.29, 0.717) is 17.9 Å². The second-order valence-corrected chi connectivity index (χ2v) is 4.71. The van der Waals surface area contributed by atoms with Crippen LogP contribution in [0.3, 0.4) is 0 Å². The summed E-state index contributed by atoms with van der Waals surface area (Å²) in [6, 6.07) is 5.68. The predicted octanol–water partition coefficient (Wildman–Crippen LogP) is 0.642. The first-order valence-electron chi connectivity index (χ1n) is 6.61. The van der Waals surface area contributed by atoms with Crippen LogP contribution < -0.4 is 15.8 Å². The summed E-state index contributed by atoms with van der Waals surface area (Å²) in [5.74, 6) is 0.896. The molecule has 2 rings (SSSR count). The van der Waals surface area contributed by atoms with E-state index >= 15 is 0 Å². The van der Waals surface area contributed by atoms with Crippen LogP contribution in [-0.4, -0.2) is 44.1 Å². The van der Waals surface area contributed by atoms with E-state index in [1.165, 1.54) is 0 Å². The maximum atomic E-state index is 12.0. The van der Waals surface area contributed by atoms with Gasteiger partial charge < -0.3 is 20.7 Å². The Morgan fingerprint density at radius 2 is 2.16 bits per heavy atom. The van der Waals surface area contributed by atoms with Crippen LogP contribution in [0, 0.1) is 0 Å². The van der Waals surface area contributed by atoms with E-state index in [0.717, 1.165) is 38.2 Å². The largest absolute Gasteiger partial charge is 0.495 e. The molecule has 1 fully saturated rings. The van der Waals surface area contributed by atoms with Gasteiger partial charge in [0.1, 0.15) is 5.75 Å². The summed E-state index contributed by atoms with van der Waals surface area (Å²) in [5, 5.41) is 3.24. The van der Waals surface area contributed by atoms with Gasteiger partial charge in [0.05, 0.1) is 12.8 Å². The maximum Gasteiger partial charge on any atom is 0.222 e. The van der Waals surface area contributed by atoms with E-state index in [9.17, 15) is 4.79 Å². The van der Waals surface area contributed by atoms with Crippen LogP contribution in [0.5, 0.6) is 5.75 Å². The number of aryl methyl sites for hydroxylation is 1. The molecule has 1 amide bonds. The van der Waals surface area contributed by atoms with Gasteiger partial charge in [0, 0.05) is 32.6 Å². The summed E-state index contributed by atoms with van der Waals surface area (Å²) in [5.41, 5.74) is 7.54. The fraction of sp³-hybridized carbons (Fsp3) is 0.500. The van der Waals surface area contributed by atoms with Crippen molar-refractivity contribution in [1.82, 2.24) is 10.2 Å². The van der Waals surface area contributed by atoms with Crippen molar-refractivity contribution in [2.75, 3.05) is 39.0 Å². The Balaban J connectivity index is 1.87. The van der Waals surface area contributed by atoms with Crippen molar-refractivity contribution < 1.29 is 9.53 Å². The number of benzene rings is 1. The standard InChI is InChI=1S/C14H21N3O2/c1-19-13-4-2-11(10-12(13)15)3-5-14(18)17-8-6-16-7-9-17/h2,4,10,16H,3,5-9,15H2,1H3. The highest BCUT2D eigenvalue weighted by Gasteiger charge is 2.15. The number of rotatable bonds is 4. The number of anilines is 1. The Morgan fingerprint density at radius 3 is 2.79 bits per heavy atom. The average molecular weight is 263 g/mol. The SMILES string of the molecule is COc1ccc(CCC(=O)N2CCNCC2)cc1N. The number of nitrogens with zero attached hydrogens (tertiary/aromatic N) is 1. The lowest BCUT2D eigenvalue weighted by atomic mass is 10.1. The number of methoxy groups -OCH3 is 1. The summed E-state index contributed by atoms with van der Waals surface area (Å²) >= 11 is 0. The number of nitrogens with one attached hydrogen (secondary N) is 1. The maximum absolute atomic E-state index is 12.0.